The van der Waals surface area contributed by atoms with Crippen LogP contribution in [-0.2, 0) is 10.1 Å². The maximum absolute atomic E-state index is 12.0. The number of fused-ring (bicyclic) bond motifs is 1. The number of rotatable bonds is 5. The molecule has 33 heavy (non-hydrogen) atoms. The molecule has 0 spiro atoms. The van der Waals surface area contributed by atoms with Gasteiger partial charge in [0.25, 0.3) is 5.56 Å². The Balaban J connectivity index is 1.64. The second-order valence-electron chi connectivity index (χ2n) is 6.60. The molecule has 12 nitrogen and oxygen atoms in total. The van der Waals surface area contributed by atoms with Crippen molar-refractivity contribution in [3.05, 3.63) is 52.3 Å². The van der Waals surface area contributed by atoms with Gasteiger partial charge in [-0.15, -0.1) is 16.5 Å². The molecule has 2 aromatic carbocycles. The fourth-order valence-corrected chi connectivity index (χ4v) is 5.22. The molecule has 3 N–H and O–H groups in total. The van der Waals surface area contributed by atoms with Crippen LogP contribution in [0.25, 0.3) is 20.8 Å². The lowest BCUT2D eigenvalue weighted by molar-refractivity contribution is 0.453. The third-order valence-corrected chi connectivity index (χ3v) is 6.68. The number of aryl methyl sites for hydroxylation is 1. The van der Waals surface area contributed by atoms with Crippen LogP contribution in [0.1, 0.15) is 5.56 Å². The molecule has 0 fully saturated rings. The van der Waals surface area contributed by atoms with Crippen LogP contribution in [0.2, 0.25) is 0 Å². The summed E-state index contributed by atoms with van der Waals surface area (Å²) in [5, 5.41) is 28.6. The lowest BCUT2D eigenvalue weighted by Gasteiger charge is -2.10. The van der Waals surface area contributed by atoms with E-state index >= 15 is 0 Å². The molecule has 0 amide bonds. The number of hydrogen-bond acceptors (Lipinski definition) is 12. The third-order valence-electron chi connectivity index (χ3n) is 4.39. The number of nitrogens with zero attached hydrogens (tertiary/aromatic N) is 5. The Morgan fingerprint density at radius 1 is 1.18 bits per heavy atom. The van der Waals surface area contributed by atoms with Crippen LogP contribution in [0.3, 0.4) is 0 Å². The van der Waals surface area contributed by atoms with Gasteiger partial charge in [-0.05, 0) is 42.8 Å². The number of aromatic amines is 1. The minimum atomic E-state index is -4.66. The summed E-state index contributed by atoms with van der Waals surface area (Å²) in [6.07, 6.45) is 1.56. The van der Waals surface area contributed by atoms with Crippen molar-refractivity contribution < 1.29 is 18.1 Å². The summed E-state index contributed by atoms with van der Waals surface area (Å²) in [6.45, 7) is 1.55. The summed E-state index contributed by atoms with van der Waals surface area (Å²) in [4.78, 5) is 21.9. The third kappa shape index (κ3) is 4.41. The Bertz CT molecular complexity index is 1620. The number of nitriles is 1. The van der Waals surface area contributed by atoms with Crippen LogP contribution in [0, 0.1) is 18.4 Å². The lowest BCUT2D eigenvalue weighted by atomic mass is 10.2. The first-order valence-electron chi connectivity index (χ1n) is 9.04. The standard InChI is InChI=1S/C19H13N7O5S2/c1-9-2-7-12-14(15(9)33(29,30)31)32-18(22-12)10-3-5-11(6-4-10)25-26-13-16(27)23-19(21-8-20)24-17(13)28/h2-7H,1H3,(H,29,30,31)(H3,21,23,24,27,28)/p-1. The Morgan fingerprint density at radius 2 is 1.91 bits per heavy atom. The van der Waals surface area contributed by atoms with E-state index < -0.39 is 27.2 Å². The first-order chi connectivity index (χ1) is 15.7. The molecule has 14 heteroatoms. The topological polar surface area (TPSA) is 197 Å². The number of nitrogens with one attached hydrogen (secondary N) is 2. The molecule has 0 aliphatic carbocycles. The van der Waals surface area contributed by atoms with Gasteiger partial charge >= 0.3 is 0 Å². The Labute approximate surface area is 189 Å². The SMILES string of the molecule is Cc1ccc2nc(-c3ccc(N=Nc4c(O)nc(NC#N)[nH]c4=O)cc3)sc2c1S(=O)(=O)[O-]. The van der Waals surface area contributed by atoms with Gasteiger partial charge in [-0.25, -0.2) is 13.4 Å². The molecule has 0 bridgehead atoms. The van der Waals surface area contributed by atoms with E-state index in [-0.39, 0.29) is 10.8 Å². The second kappa shape index (κ2) is 8.39. The van der Waals surface area contributed by atoms with Gasteiger partial charge < -0.3 is 9.66 Å². The average Bonchev–Trinajstić information content (AvgIpc) is 3.16. The molecular weight excluding hydrogens is 470 g/mol. The highest BCUT2D eigenvalue weighted by Crippen LogP contribution is 2.36. The van der Waals surface area contributed by atoms with Crippen molar-refractivity contribution in [3.8, 4) is 22.6 Å². The minimum Gasteiger partial charge on any atom is -0.744 e. The minimum absolute atomic E-state index is 0.234. The van der Waals surface area contributed by atoms with Gasteiger partial charge in [-0.1, -0.05) is 6.07 Å². The summed E-state index contributed by atoms with van der Waals surface area (Å²) in [5.74, 6) is -0.937. The second-order valence-corrected chi connectivity index (χ2v) is 8.92. The van der Waals surface area contributed by atoms with E-state index in [0.717, 1.165) is 11.3 Å². The lowest BCUT2D eigenvalue weighted by Crippen LogP contribution is -2.10. The van der Waals surface area contributed by atoms with Gasteiger partial charge in [0.05, 0.1) is 20.8 Å². The van der Waals surface area contributed by atoms with Crippen molar-refractivity contribution in [1.29, 1.82) is 5.26 Å². The van der Waals surface area contributed by atoms with Gasteiger partial charge in [-0.2, -0.15) is 15.4 Å². The van der Waals surface area contributed by atoms with Crippen LogP contribution in [0.15, 0.2) is 56.3 Å². The summed E-state index contributed by atoms with van der Waals surface area (Å²) in [6, 6.07) is 9.66. The van der Waals surface area contributed by atoms with E-state index in [1.165, 1.54) is 6.07 Å². The maximum Gasteiger partial charge on any atom is 0.284 e. The summed E-state index contributed by atoms with van der Waals surface area (Å²) in [7, 11) is -4.66. The van der Waals surface area contributed by atoms with Crippen molar-refractivity contribution in [2.45, 2.75) is 11.8 Å². The Hall–Kier alpha value is -4.19. The first kappa shape index (κ1) is 22.0. The molecule has 0 unspecified atom stereocenters. The van der Waals surface area contributed by atoms with E-state index in [4.69, 9.17) is 5.26 Å². The van der Waals surface area contributed by atoms with Crippen LogP contribution >= 0.6 is 11.3 Å². The van der Waals surface area contributed by atoms with E-state index in [9.17, 15) is 22.9 Å². The average molecular weight is 482 g/mol. The van der Waals surface area contributed by atoms with Gasteiger partial charge in [0, 0.05) is 5.56 Å². The normalized spacial score (nSPS) is 11.7. The van der Waals surface area contributed by atoms with Gasteiger partial charge in [0.1, 0.15) is 15.1 Å². The highest BCUT2D eigenvalue weighted by molar-refractivity contribution is 7.86. The van der Waals surface area contributed by atoms with Crippen molar-refractivity contribution >= 4 is 49.0 Å². The number of anilines is 1. The fourth-order valence-electron chi connectivity index (χ4n) is 2.94. The number of benzene rings is 2. The highest BCUT2D eigenvalue weighted by atomic mass is 32.2. The van der Waals surface area contributed by atoms with E-state index in [0.29, 0.717) is 32.0 Å². The Kier molecular flexibility index (Phi) is 5.60. The van der Waals surface area contributed by atoms with Crippen LogP contribution in [0.5, 0.6) is 5.88 Å². The van der Waals surface area contributed by atoms with Crippen LogP contribution in [0.4, 0.5) is 17.3 Å². The molecule has 0 saturated heterocycles. The summed E-state index contributed by atoms with van der Waals surface area (Å²) in [5.41, 5.74) is 0.515. The molecule has 0 saturated carbocycles. The zero-order valence-electron chi connectivity index (χ0n) is 16.6. The zero-order valence-corrected chi connectivity index (χ0v) is 18.2. The first-order valence-corrected chi connectivity index (χ1v) is 11.3. The monoisotopic (exact) mass is 482 g/mol. The molecule has 0 aliphatic rings. The predicted molar refractivity (Wildman–Crippen MR) is 118 cm³/mol. The number of aromatic nitrogens is 3. The number of H-pyrrole nitrogens is 1. The largest absolute Gasteiger partial charge is 0.744 e. The predicted octanol–water partition coefficient (Wildman–Crippen LogP) is 3.27. The molecule has 0 atom stereocenters. The van der Waals surface area contributed by atoms with Crippen LogP contribution < -0.4 is 10.9 Å². The molecule has 166 valence electrons. The van der Waals surface area contributed by atoms with Crippen molar-refractivity contribution in [2.24, 2.45) is 10.2 Å². The molecule has 2 heterocycles. The quantitative estimate of drug-likeness (QED) is 0.165. The van der Waals surface area contributed by atoms with Gasteiger partial charge in [0.15, 0.2) is 6.19 Å². The maximum atomic E-state index is 12.0. The Morgan fingerprint density at radius 3 is 2.55 bits per heavy atom. The smallest absolute Gasteiger partial charge is 0.284 e. The van der Waals surface area contributed by atoms with Crippen molar-refractivity contribution in [2.75, 3.05) is 5.32 Å². The fraction of sp³-hybridized carbons (Fsp3) is 0.0526. The summed E-state index contributed by atoms with van der Waals surface area (Å²) < 4.78 is 35.3. The van der Waals surface area contributed by atoms with Gasteiger partial charge in [-0.3, -0.25) is 15.1 Å². The number of azo groups is 1. The van der Waals surface area contributed by atoms with Crippen LogP contribution in [-0.4, -0.2) is 33.0 Å². The number of aromatic hydroxyl groups is 1. The zero-order chi connectivity index (χ0) is 23.8. The van der Waals surface area contributed by atoms with Crippen molar-refractivity contribution in [3.63, 3.8) is 0 Å². The number of hydrogen-bond donors (Lipinski definition) is 3. The van der Waals surface area contributed by atoms with Gasteiger partial charge in [0.2, 0.25) is 17.5 Å². The van der Waals surface area contributed by atoms with E-state index in [1.54, 1.807) is 43.4 Å². The van der Waals surface area contributed by atoms with Crippen molar-refractivity contribution in [1.82, 2.24) is 15.0 Å². The molecule has 4 aromatic rings. The molecule has 4 rings (SSSR count). The highest BCUT2D eigenvalue weighted by Gasteiger charge is 2.16. The van der Waals surface area contributed by atoms with E-state index in [1.807, 2.05) is 0 Å². The molecule has 2 aromatic heterocycles. The molecule has 0 aliphatic heterocycles. The molecular formula is C19H12N7O5S2-. The number of thiazole rings is 1. The molecule has 0 radical (unpaired) electrons. The van der Waals surface area contributed by atoms with E-state index in [2.05, 4.69) is 30.5 Å². The summed E-state index contributed by atoms with van der Waals surface area (Å²) >= 11 is 1.08.